The van der Waals surface area contributed by atoms with E-state index >= 15 is 0 Å². The number of aromatic nitrogens is 6. The number of aromatic amines is 2. The van der Waals surface area contributed by atoms with Gasteiger partial charge in [-0.3, -0.25) is 14.4 Å². The minimum atomic E-state index is -1.07. The zero-order valence-electron chi connectivity index (χ0n) is 37.1. The van der Waals surface area contributed by atoms with E-state index in [-0.39, 0.29) is 48.3 Å². The molecule has 6 heterocycles. The first-order chi connectivity index (χ1) is 32.5. The standard InChI is InChI=1S/C24H27N5O4.C14H16N4O2.C10H14N2O2/c30-12-19(23(32)33-13-16-4-2-1-3-5-16)28-22(31)18-7-11-29(14-24(18)8-9-24)21-17-6-10-25-20(17)26-15-27-21;19-13(20)10-2-6-18(7-14(10)3-4-14)12-9-1-5-15-11(9)16-8-17-12;11-6-9(12)10(13)14-7-8-4-2-1-3-5-8/h1-6,10,15,18-19,30H,7-9,11-14H2,(H,28,31)(H,25,26,27);1,5,8,10H,2-4,6-7H2,(H,19,20)(H,15,16,17);1-5,9H,6-7,11-12H2/t18-,19-;10-;9-/m111/s1. The lowest BCUT2D eigenvalue weighted by Gasteiger charge is -2.39. The van der Waals surface area contributed by atoms with Crippen LogP contribution in [0, 0.1) is 22.7 Å². The quantitative estimate of drug-likeness (QED) is 0.0817. The van der Waals surface area contributed by atoms with Gasteiger partial charge < -0.3 is 56.2 Å². The fourth-order valence-corrected chi connectivity index (χ4v) is 9.25. The van der Waals surface area contributed by atoms with Gasteiger partial charge in [0.05, 0.1) is 23.3 Å². The number of aliphatic carboxylic acids is 1. The summed E-state index contributed by atoms with van der Waals surface area (Å²) in [4.78, 5) is 76.1. The minimum Gasteiger partial charge on any atom is -0.481 e. The number of nitrogens with zero attached hydrogens (tertiary/aromatic N) is 6. The van der Waals surface area contributed by atoms with Crippen LogP contribution in [0.2, 0.25) is 0 Å². The average molecular weight is 916 g/mol. The van der Waals surface area contributed by atoms with Gasteiger partial charge in [-0.05, 0) is 67.2 Å². The smallest absolute Gasteiger partial charge is 0.331 e. The number of benzene rings is 2. The second-order valence-corrected chi connectivity index (χ2v) is 17.7. The SMILES string of the molecule is NC[C@@H](N)C(=O)OCc1ccccc1.O=C(N[C@H](CO)C(=O)OCc1ccccc1)[C@H]1CCN(c2ncnc3[nH]ccc23)CC12CC2.O=C(O)[C@H]1CCN(c2ncnc3[nH]ccc23)CC12CC2. The highest BCUT2D eigenvalue weighted by molar-refractivity contribution is 5.89. The van der Waals surface area contributed by atoms with Crippen LogP contribution in [0.1, 0.15) is 49.7 Å². The second kappa shape index (κ2) is 20.7. The van der Waals surface area contributed by atoms with E-state index in [0.29, 0.717) is 19.4 Å². The van der Waals surface area contributed by atoms with Crippen molar-refractivity contribution in [2.24, 2.45) is 34.1 Å². The van der Waals surface area contributed by atoms with Crippen molar-refractivity contribution in [2.75, 3.05) is 49.1 Å². The number of amides is 1. The van der Waals surface area contributed by atoms with Gasteiger partial charge in [0.15, 0.2) is 6.04 Å². The molecule has 4 atom stereocenters. The number of aliphatic hydroxyl groups excluding tert-OH is 1. The molecule has 2 aromatic carbocycles. The number of fused-ring (bicyclic) bond motifs is 2. The van der Waals surface area contributed by atoms with Gasteiger partial charge in [-0.2, -0.15) is 0 Å². The Kier molecular flexibility index (Phi) is 14.4. The molecule has 1 amide bonds. The summed E-state index contributed by atoms with van der Waals surface area (Å²) in [6.07, 6.45) is 12.1. The molecule has 2 saturated heterocycles. The zero-order valence-corrected chi connectivity index (χ0v) is 37.1. The third-order valence-corrected chi connectivity index (χ3v) is 13.3. The molecule has 4 aliphatic rings. The highest BCUT2D eigenvalue weighted by Crippen LogP contribution is 2.57. The van der Waals surface area contributed by atoms with E-state index in [9.17, 15) is 29.4 Å². The number of anilines is 2. The highest BCUT2D eigenvalue weighted by atomic mass is 16.5. The summed E-state index contributed by atoms with van der Waals surface area (Å²) in [7, 11) is 0. The highest BCUT2D eigenvalue weighted by Gasteiger charge is 2.56. The molecule has 6 aromatic rings. The van der Waals surface area contributed by atoms with Gasteiger partial charge >= 0.3 is 17.9 Å². The lowest BCUT2D eigenvalue weighted by molar-refractivity contribution is -0.151. The molecule has 10 rings (SSSR count). The maximum atomic E-state index is 13.1. The molecule has 2 saturated carbocycles. The molecule has 19 heteroatoms. The van der Waals surface area contributed by atoms with Crippen LogP contribution >= 0.6 is 0 Å². The van der Waals surface area contributed by atoms with Crippen molar-refractivity contribution in [3.8, 4) is 0 Å². The van der Waals surface area contributed by atoms with Gasteiger partial charge in [-0.25, -0.2) is 24.7 Å². The predicted molar refractivity (Wildman–Crippen MR) is 248 cm³/mol. The molecule has 4 aromatic heterocycles. The van der Waals surface area contributed by atoms with Crippen molar-refractivity contribution in [2.45, 2.75) is 63.8 Å². The Hall–Kier alpha value is -6.96. The van der Waals surface area contributed by atoms with E-state index in [0.717, 1.165) is 90.1 Å². The number of nitrogens with two attached hydrogens (primary N) is 2. The Morgan fingerprint density at radius 2 is 1.19 bits per heavy atom. The van der Waals surface area contributed by atoms with Gasteiger partial charge in [0.1, 0.15) is 54.8 Å². The molecule has 2 aliphatic heterocycles. The number of hydrogen-bond donors (Lipinski definition) is 7. The van der Waals surface area contributed by atoms with E-state index in [1.165, 1.54) is 0 Å². The van der Waals surface area contributed by atoms with Crippen molar-refractivity contribution in [1.29, 1.82) is 0 Å². The van der Waals surface area contributed by atoms with Crippen LogP contribution in [0.15, 0.2) is 97.8 Å². The van der Waals surface area contributed by atoms with Crippen LogP contribution < -0.4 is 26.6 Å². The molecule has 9 N–H and O–H groups in total. The van der Waals surface area contributed by atoms with Gasteiger partial charge in [-0.15, -0.1) is 0 Å². The topological polar surface area (TPSA) is 281 Å². The largest absolute Gasteiger partial charge is 0.481 e. The number of H-pyrrole nitrogens is 2. The number of carbonyl (C=O) groups is 4. The number of hydrogen-bond acceptors (Lipinski definition) is 15. The van der Waals surface area contributed by atoms with Crippen LogP contribution in [-0.4, -0.2) is 115 Å². The fraction of sp³-hybridized carbons (Fsp3) is 0.417. The first-order valence-corrected chi connectivity index (χ1v) is 22.6. The maximum Gasteiger partial charge on any atom is 0.331 e. The van der Waals surface area contributed by atoms with Gasteiger partial charge in [0, 0.05) is 56.5 Å². The lowest BCUT2D eigenvalue weighted by Crippen LogP contribution is -2.52. The zero-order chi connectivity index (χ0) is 47.0. The summed E-state index contributed by atoms with van der Waals surface area (Å²) in [5.41, 5.74) is 13.8. The summed E-state index contributed by atoms with van der Waals surface area (Å²) in [6, 6.07) is 20.9. The average Bonchev–Trinajstić information content (AvgIpc) is 4.16. The van der Waals surface area contributed by atoms with Crippen molar-refractivity contribution in [3.63, 3.8) is 0 Å². The van der Waals surface area contributed by atoms with Crippen molar-refractivity contribution in [3.05, 3.63) is 109 Å². The molecule has 352 valence electrons. The molecule has 0 radical (unpaired) electrons. The van der Waals surface area contributed by atoms with Crippen molar-refractivity contribution < 1.29 is 38.9 Å². The number of aliphatic hydroxyl groups is 1. The Balaban J connectivity index is 0.000000151. The predicted octanol–water partition coefficient (Wildman–Crippen LogP) is 3.45. The van der Waals surface area contributed by atoms with Crippen LogP contribution in [0.3, 0.4) is 0 Å². The van der Waals surface area contributed by atoms with E-state index in [4.69, 9.17) is 20.9 Å². The summed E-state index contributed by atoms with van der Waals surface area (Å²) in [5.74, 6) is -0.538. The van der Waals surface area contributed by atoms with Crippen LogP contribution in [0.4, 0.5) is 11.6 Å². The maximum absolute atomic E-state index is 13.1. The summed E-state index contributed by atoms with van der Waals surface area (Å²) in [5, 5.41) is 23.8. The Bertz CT molecular complexity index is 2640. The Morgan fingerprint density at radius 1 is 0.716 bits per heavy atom. The molecule has 2 spiro atoms. The van der Waals surface area contributed by atoms with Gasteiger partial charge in [-0.1, -0.05) is 60.7 Å². The number of nitrogens with one attached hydrogen (secondary N) is 3. The van der Waals surface area contributed by atoms with E-state index < -0.39 is 36.6 Å². The molecular weight excluding hydrogens is 859 g/mol. The number of ether oxygens (including phenoxy) is 2. The fourth-order valence-electron chi connectivity index (χ4n) is 9.25. The number of carboxylic acids is 1. The number of esters is 2. The number of piperidine rings is 2. The summed E-state index contributed by atoms with van der Waals surface area (Å²) < 4.78 is 10.2. The molecule has 67 heavy (non-hydrogen) atoms. The third-order valence-electron chi connectivity index (χ3n) is 13.3. The first kappa shape index (κ1) is 46.6. The molecular formula is C48H57N11O8. The Morgan fingerprint density at radius 3 is 1.66 bits per heavy atom. The van der Waals surface area contributed by atoms with Gasteiger partial charge in [0.2, 0.25) is 5.91 Å². The monoisotopic (exact) mass is 915 g/mol. The molecule has 19 nitrogen and oxygen atoms in total. The lowest BCUT2D eigenvalue weighted by atomic mass is 9.81. The van der Waals surface area contributed by atoms with E-state index in [1.54, 1.807) is 12.7 Å². The molecule has 4 fully saturated rings. The van der Waals surface area contributed by atoms with Gasteiger partial charge in [0.25, 0.3) is 0 Å². The molecule has 0 bridgehead atoms. The molecule has 0 unspecified atom stereocenters. The molecule has 2 aliphatic carbocycles. The first-order valence-electron chi connectivity index (χ1n) is 22.6. The number of rotatable bonds is 13. The third kappa shape index (κ3) is 10.9. The number of carboxylic acid groups (broad SMARTS) is 1. The second-order valence-electron chi connectivity index (χ2n) is 17.7. The van der Waals surface area contributed by atoms with Crippen LogP contribution in [-0.2, 0) is 41.9 Å². The van der Waals surface area contributed by atoms with E-state index in [2.05, 4.69) is 45.0 Å². The van der Waals surface area contributed by atoms with Crippen LogP contribution in [0.25, 0.3) is 22.1 Å². The normalized spacial score (nSPS) is 19.6. The Labute approximate surface area is 386 Å². The van der Waals surface area contributed by atoms with Crippen molar-refractivity contribution in [1.82, 2.24) is 35.2 Å². The number of carbonyl (C=O) groups excluding carboxylic acids is 3. The minimum absolute atomic E-state index is 0.0301. The summed E-state index contributed by atoms with van der Waals surface area (Å²) in [6.45, 7) is 2.89. The summed E-state index contributed by atoms with van der Waals surface area (Å²) >= 11 is 0. The van der Waals surface area contributed by atoms with Crippen molar-refractivity contribution >= 4 is 57.5 Å². The van der Waals surface area contributed by atoms with Crippen LogP contribution in [0.5, 0.6) is 0 Å². The van der Waals surface area contributed by atoms with E-state index in [1.807, 2.05) is 85.2 Å².